The Kier molecular flexibility index (Phi) is 9.86. The lowest BCUT2D eigenvalue weighted by atomic mass is 9.33. The lowest BCUT2D eigenvalue weighted by Crippen LogP contribution is -2.62. The van der Waals surface area contributed by atoms with Crippen molar-refractivity contribution in [2.24, 2.45) is 0 Å². The van der Waals surface area contributed by atoms with Crippen molar-refractivity contribution in [1.82, 2.24) is 0 Å². The zero-order valence-electron chi connectivity index (χ0n) is 41.2. The number of fused-ring (bicyclic) bond motifs is 5. The second kappa shape index (κ2) is 14.9. The summed E-state index contributed by atoms with van der Waals surface area (Å²) in [5, 5.41) is 0. The van der Waals surface area contributed by atoms with Crippen LogP contribution in [0.4, 0.5) is 34.1 Å². The Bertz CT molecular complexity index is 2980. The van der Waals surface area contributed by atoms with Gasteiger partial charge in [-0.25, -0.2) is 0 Å². The Balaban J connectivity index is 1.32. The highest BCUT2D eigenvalue weighted by Gasteiger charge is 2.47. The van der Waals surface area contributed by atoms with Crippen LogP contribution in [0.3, 0.4) is 0 Å². The smallest absolute Gasteiger partial charge is 0.252 e. The van der Waals surface area contributed by atoms with E-state index in [-0.39, 0.29) is 33.8 Å². The van der Waals surface area contributed by atoms with Gasteiger partial charge in [-0.15, -0.1) is 0 Å². The average Bonchev–Trinajstić information content (AvgIpc) is 3.27. The molecule has 10 rings (SSSR count). The molecule has 0 unspecified atom stereocenters. The van der Waals surface area contributed by atoms with Crippen LogP contribution in [0, 0.1) is 6.92 Å². The van der Waals surface area contributed by atoms with E-state index in [1.807, 2.05) is 0 Å². The summed E-state index contributed by atoms with van der Waals surface area (Å²) >= 11 is 0. The summed E-state index contributed by atoms with van der Waals surface area (Å²) in [4.78, 5) is 5.26. The first-order chi connectivity index (χ1) is 30.6. The van der Waals surface area contributed by atoms with Gasteiger partial charge in [0, 0.05) is 39.4 Å². The summed E-state index contributed by atoms with van der Waals surface area (Å²) in [7, 11) is 0. The van der Waals surface area contributed by atoms with Crippen LogP contribution in [-0.2, 0) is 27.1 Å². The molecule has 0 fully saturated rings. The monoisotopic (exact) mass is 851 g/mol. The van der Waals surface area contributed by atoms with Crippen molar-refractivity contribution in [2.45, 2.75) is 130 Å². The van der Waals surface area contributed by atoms with Gasteiger partial charge in [0.15, 0.2) is 0 Å². The third-order valence-corrected chi connectivity index (χ3v) is 15.6. The predicted molar refractivity (Wildman–Crippen MR) is 282 cm³/mol. The summed E-state index contributed by atoms with van der Waals surface area (Å²) in [5.41, 5.74) is 23.6. The summed E-state index contributed by atoms with van der Waals surface area (Å²) < 4.78 is 0. The first-order valence-corrected chi connectivity index (χ1v) is 24.1. The molecule has 2 nitrogen and oxygen atoms in total. The predicted octanol–water partition coefficient (Wildman–Crippen LogP) is 15.0. The van der Waals surface area contributed by atoms with E-state index in [0.717, 1.165) is 6.42 Å². The number of nitrogens with zero attached hydrogens (tertiary/aromatic N) is 2. The van der Waals surface area contributed by atoms with E-state index in [1.54, 1.807) is 0 Å². The van der Waals surface area contributed by atoms with Gasteiger partial charge in [0.2, 0.25) is 0 Å². The maximum atomic E-state index is 2.68. The molecule has 0 N–H and O–H groups in total. The van der Waals surface area contributed by atoms with Crippen molar-refractivity contribution in [3.8, 4) is 11.1 Å². The van der Waals surface area contributed by atoms with Crippen LogP contribution in [0.5, 0.6) is 0 Å². The molecule has 2 aliphatic heterocycles. The molecule has 7 aromatic rings. The van der Waals surface area contributed by atoms with Crippen molar-refractivity contribution >= 4 is 57.2 Å². The van der Waals surface area contributed by atoms with Crippen LogP contribution in [0.15, 0.2) is 146 Å². The van der Waals surface area contributed by atoms with Gasteiger partial charge in [-0.3, -0.25) is 0 Å². The van der Waals surface area contributed by atoms with Crippen LogP contribution in [0.25, 0.3) is 11.1 Å². The zero-order chi connectivity index (χ0) is 46.0. The van der Waals surface area contributed by atoms with Gasteiger partial charge in [0.05, 0.1) is 5.69 Å². The molecule has 0 saturated carbocycles. The molecule has 3 heteroatoms. The number of anilines is 6. The second-order valence-electron chi connectivity index (χ2n) is 23.5. The Morgan fingerprint density at radius 3 is 1.58 bits per heavy atom. The molecular weight excluding hydrogens is 784 g/mol. The highest BCUT2D eigenvalue weighted by atomic mass is 15.2. The van der Waals surface area contributed by atoms with E-state index >= 15 is 0 Å². The fourth-order valence-corrected chi connectivity index (χ4v) is 11.3. The van der Waals surface area contributed by atoms with Gasteiger partial charge in [0.25, 0.3) is 6.71 Å². The van der Waals surface area contributed by atoms with Gasteiger partial charge in [-0.2, -0.15) is 0 Å². The summed E-state index contributed by atoms with van der Waals surface area (Å²) in [5.74, 6) is 0. The van der Waals surface area contributed by atoms with Crippen molar-refractivity contribution in [3.63, 3.8) is 0 Å². The quantitative estimate of drug-likeness (QED) is 0.159. The van der Waals surface area contributed by atoms with Crippen LogP contribution < -0.4 is 26.2 Å². The summed E-state index contributed by atoms with van der Waals surface area (Å²) in [6, 6.07) is 56.5. The van der Waals surface area contributed by atoms with E-state index in [4.69, 9.17) is 0 Å². The number of hydrogen-bond acceptors (Lipinski definition) is 2. The van der Waals surface area contributed by atoms with Gasteiger partial charge >= 0.3 is 0 Å². The molecule has 0 aromatic heterocycles. The topological polar surface area (TPSA) is 6.48 Å². The third kappa shape index (κ3) is 7.08. The maximum Gasteiger partial charge on any atom is 0.252 e. The van der Waals surface area contributed by atoms with E-state index in [0.29, 0.717) is 0 Å². The SMILES string of the molecule is Cc1cc2c3c(c1)N(c1ccc(C(C)(C)c4ccccc4)cc1-c1ccccc1)c1cc4c(cc1B3c1cc(C(C)(C)C)ccc1N2c1ccc(C(C)(C)C)cc1)C(C)(C)CCC4(C)C. The van der Waals surface area contributed by atoms with Crippen molar-refractivity contribution < 1.29 is 0 Å². The third-order valence-electron chi connectivity index (χ3n) is 15.6. The molecule has 1 aliphatic carbocycles. The normalized spacial score (nSPS) is 16.1. The van der Waals surface area contributed by atoms with Crippen LogP contribution in [0.2, 0.25) is 0 Å². The molecule has 0 radical (unpaired) electrons. The molecular formula is C62H67BN2. The Morgan fingerprint density at radius 2 is 0.969 bits per heavy atom. The van der Waals surface area contributed by atoms with Gasteiger partial charge in [-0.1, -0.05) is 180 Å². The Hall–Kier alpha value is -5.80. The van der Waals surface area contributed by atoms with Crippen molar-refractivity contribution in [3.05, 3.63) is 185 Å². The maximum absolute atomic E-state index is 2.68. The molecule has 65 heavy (non-hydrogen) atoms. The number of aryl methyl sites for hydroxylation is 1. The molecule has 0 saturated heterocycles. The standard InChI is InChI=1S/C62H67BN2/c1-40-34-55-57-56(35-40)65(52-30-27-45(36-47(52)41-20-16-14-17-21-41)62(12,13)43-22-18-15-19-23-43)54-39-49-48(60(8,9)32-33-61(49,10)11)38-51(54)63(57)50-37-44(59(5,6)7)26-31-53(50)64(55)46-28-24-42(25-29-46)58(2,3)4/h14-31,34-39H,32-33H2,1-13H3. The lowest BCUT2D eigenvalue weighted by molar-refractivity contribution is 0.332. The highest BCUT2D eigenvalue weighted by molar-refractivity contribution is 7.00. The molecule has 0 amide bonds. The highest BCUT2D eigenvalue weighted by Crippen LogP contribution is 2.52. The Labute approximate surface area is 390 Å². The van der Waals surface area contributed by atoms with Crippen LogP contribution in [-0.4, -0.2) is 6.71 Å². The summed E-state index contributed by atoms with van der Waals surface area (Å²) in [6.45, 7) is 31.0. The summed E-state index contributed by atoms with van der Waals surface area (Å²) in [6.07, 6.45) is 2.33. The largest absolute Gasteiger partial charge is 0.311 e. The van der Waals surface area contributed by atoms with Gasteiger partial charge < -0.3 is 9.80 Å². The number of hydrogen-bond donors (Lipinski definition) is 0. The van der Waals surface area contributed by atoms with Gasteiger partial charge in [0.1, 0.15) is 0 Å². The van der Waals surface area contributed by atoms with E-state index in [9.17, 15) is 0 Å². The van der Waals surface area contributed by atoms with E-state index in [1.165, 1.54) is 107 Å². The Morgan fingerprint density at radius 1 is 0.446 bits per heavy atom. The minimum absolute atomic E-state index is 0.0180. The second-order valence-corrected chi connectivity index (χ2v) is 23.5. The zero-order valence-corrected chi connectivity index (χ0v) is 41.2. The van der Waals surface area contributed by atoms with Crippen LogP contribution in [0.1, 0.15) is 135 Å². The van der Waals surface area contributed by atoms with E-state index < -0.39 is 0 Å². The first kappa shape index (κ1) is 43.1. The number of benzene rings is 7. The molecule has 0 spiro atoms. The van der Waals surface area contributed by atoms with E-state index in [2.05, 4.69) is 245 Å². The minimum atomic E-state index is -0.205. The fourth-order valence-electron chi connectivity index (χ4n) is 11.3. The lowest BCUT2D eigenvalue weighted by Gasteiger charge is -2.48. The van der Waals surface area contributed by atoms with Gasteiger partial charge in [-0.05, 0) is 151 Å². The van der Waals surface area contributed by atoms with Crippen LogP contribution >= 0.6 is 0 Å². The molecule has 3 aliphatic rings. The molecule has 2 heterocycles. The molecule has 7 aromatic carbocycles. The van der Waals surface area contributed by atoms with Crippen molar-refractivity contribution in [2.75, 3.05) is 9.80 Å². The minimum Gasteiger partial charge on any atom is -0.311 e. The molecule has 0 atom stereocenters. The number of rotatable bonds is 5. The molecule has 0 bridgehead atoms. The fraction of sp³-hybridized carbons (Fsp3) is 0.323. The first-order valence-electron chi connectivity index (χ1n) is 24.1. The molecule has 328 valence electrons. The van der Waals surface area contributed by atoms with Crippen molar-refractivity contribution in [1.29, 1.82) is 0 Å². The average molecular weight is 851 g/mol.